The van der Waals surface area contributed by atoms with Crippen molar-refractivity contribution in [1.29, 1.82) is 0 Å². The van der Waals surface area contributed by atoms with Crippen LogP contribution in [-0.4, -0.2) is 55.4 Å². The molecule has 0 unspecified atom stereocenters. The van der Waals surface area contributed by atoms with Crippen LogP contribution in [0, 0.1) is 0 Å². The fraction of sp³-hybridized carbons (Fsp3) is 0.375. The lowest BCUT2D eigenvalue weighted by atomic mass is 10.1. The molecule has 0 atom stereocenters. The van der Waals surface area contributed by atoms with Crippen molar-refractivity contribution in [3.05, 3.63) is 51.8 Å². The number of piperidine rings is 1. The highest BCUT2D eigenvalue weighted by Gasteiger charge is 2.20. The average molecular weight is 486 g/mol. The van der Waals surface area contributed by atoms with Crippen molar-refractivity contribution >= 4 is 45.7 Å². The number of hydrogen-bond acceptors (Lipinski definition) is 7. The number of amides is 1. The highest BCUT2D eigenvalue weighted by molar-refractivity contribution is 6.33. The number of pyridine rings is 2. The first kappa shape index (κ1) is 23.8. The Morgan fingerprint density at radius 3 is 2.68 bits per heavy atom. The van der Waals surface area contributed by atoms with Gasteiger partial charge in [-0.05, 0) is 49.2 Å². The predicted molar refractivity (Wildman–Crippen MR) is 134 cm³/mol. The lowest BCUT2D eigenvalue weighted by molar-refractivity contribution is -0.122. The first-order valence-corrected chi connectivity index (χ1v) is 11.5. The van der Waals surface area contributed by atoms with Crippen LogP contribution in [0.1, 0.15) is 12.8 Å². The Balaban J connectivity index is 1.59. The minimum atomic E-state index is -0.315. The number of aryl methyl sites for hydroxylation is 1. The maximum absolute atomic E-state index is 12.6. The maximum Gasteiger partial charge on any atom is 0.293 e. The number of nitrogens with one attached hydrogen (secondary N) is 2. The van der Waals surface area contributed by atoms with Crippen molar-refractivity contribution < 1.29 is 14.3 Å². The molecular weight excluding hydrogens is 458 g/mol. The number of carbonyl (C=O) groups is 1. The summed E-state index contributed by atoms with van der Waals surface area (Å²) >= 11 is 6.44. The van der Waals surface area contributed by atoms with E-state index in [1.807, 2.05) is 30.3 Å². The molecule has 1 saturated heterocycles. The highest BCUT2D eigenvalue weighted by atomic mass is 35.5. The Labute approximate surface area is 202 Å². The van der Waals surface area contributed by atoms with Crippen LogP contribution in [0.4, 0.5) is 17.3 Å². The zero-order valence-electron chi connectivity index (χ0n) is 19.4. The molecule has 10 heteroatoms. The van der Waals surface area contributed by atoms with Crippen molar-refractivity contribution in [2.75, 3.05) is 44.1 Å². The molecule has 0 aliphatic carbocycles. The van der Waals surface area contributed by atoms with E-state index in [-0.39, 0.29) is 23.8 Å². The second-order valence-corrected chi connectivity index (χ2v) is 8.56. The second-order valence-electron chi connectivity index (χ2n) is 8.16. The van der Waals surface area contributed by atoms with Gasteiger partial charge in [-0.1, -0.05) is 11.6 Å². The van der Waals surface area contributed by atoms with Gasteiger partial charge < -0.3 is 29.6 Å². The number of benzene rings is 1. The summed E-state index contributed by atoms with van der Waals surface area (Å²) in [6.45, 7) is 1.51. The van der Waals surface area contributed by atoms with Gasteiger partial charge in [-0.3, -0.25) is 9.59 Å². The molecule has 1 aliphatic heterocycles. The number of halogens is 1. The van der Waals surface area contributed by atoms with Crippen LogP contribution >= 0.6 is 11.6 Å². The maximum atomic E-state index is 12.6. The number of ether oxygens (including phenoxy) is 2. The first-order valence-electron chi connectivity index (χ1n) is 11.1. The van der Waals surface area contributed by atoms with Gasteiger partial charge in [0.2, 0.25) is 0 Å². The Hall–Kier alpha value is -3.30. The average Bonchev–Trinajstić information content (AvgIpc) is 2.86. The zero-order chi connectivity index (χ0) is 24.2. The van der Waals surface area contributed by atoms with Crippen LogP contribution in [0.2, 0.25) is 5.02 Å². The molecule has 34 heavy (non-hydrogen) atoms. The molecule has 1 aromatic carbocycles. The number of rotatable bonds is 7. The Morgan fingerprint density at radius 1 is 1.21 bits per heavy atom. The van der Waals surface area contributed by atoms with Gasteiger partial charge in [0.25, 0.3) is 11.5 Å². The zero-order valence-corrected chi connectivity index (χ0v) is 20.2. The van der Waals surface area contributed by atoms with Crippen LogP contribution < -0.4 is 25.8 Å². The largest absolute Gasteiger partial charge is 0.478 e. The quantitative estimate of drug-likeness (QED) is 0.530. The van der Waals surface area contributed by atoms with Crippen molar-refractivity contribution in [3.63, 3.8) is 0 Å². The molecule has 1 aliphatic rings. The van der Waals surface area contributed by atoms with Crippen LogP contribution in [0.25, 0.3) is 10.9 Å². The third-order valence-electron chi connectivity index (χ3n) is 6.02. The molecule has 1 fully saturated rings. The minimum absolute atomic E-state index is 0.105. The summed E-state index contributed by atoms with van der Waals surface area (Å²) in [6, 6.07) is 11.0. The van der Waals surface area contributed by atoms with E-state index in [4.69, 9.17) is 26.1 Å². The molecular formula is C24H28ClN5O4. The van der Waals surface area contributed by atoms with Crippen LogP contribution in [0.5, 0.6) is 5.75 Å². The Bertz CT molecular complexity index is 1250. The Morgan fingerprint density at radius 2 is 1.97 bits per heavy atom. The van der Waals surface area contributed by atoms with Crippen molar-refractivity contribution in [1.82, 2.24) is 14.9 Å². The fourth-order valence-electron chi connectivity index (χ4n) is 4.00. The number of aromatic nitrogens is 2. The second kappa shape index (κ2) is 10.3. The number of methoxy groups -OCH3 is 1. The van der Waals surface area contributed by atoms with Crippen LogP contribution in [0.3, 0.4) is 0 Å². The third kappa shape index (κ3) is 5.10. The van der Waals surface area contributed by atoms with Crippen molar-refractivity contribution in [2.45, 2.75) is 18.9 Å². The lowest BCUT2D eigenvalue weighted by Gasteiger charge is -2.32. The molecule has 3 heterocycles. The molecule has 0 radical (unpaired) electrons. The van der Waals surface area contributed by atoms with E-state index in [0.717, 1.165) is 48.3 Å². The predicted octanol–water partition coefficient (Wildman–Crippen LogP) is 3.07. The Kier molecular flexibility index (Phi) is 7.23. The SMILES string of the molecule is CNC(=O)COc1cc2cc(Nc3nc(N4CCC(OC)CC4)ccc3Cl)ccc2n(C)c1=O. The van der Waals surface area contributed by atoms with Crippen molar-refractivity contribution in [3.8, 4) is 5.75 Å². The molecule has 9 nitrogen and oxygen atoms in total. The summed E-state index contributed by atoms with van der Waals surface area (Å²) < 4.78 is 12.4. The van der Waals surface area contributed by atoms with E-state index in [1.165, 1.54) is 11.6 Å². The summed E-state index contributed by atoms with van der Waals surface area (Å²) in [5.74, 6) is 1.20. The summed E-state index contributed by atoms with van der Waals surface area (Å²) in [4.78, 5) is 31.1. The molecule has 4 rings (SSSR count). The summed E-state index contributed by atoms with van der Waals surface area (Å²) in [5.41, 5.74) is 1.18. The number of likely N-dealkylation sites (N-methyl/N-ethyl adjacent to an activating group) is 1. The van der Waals surface area contributed by atoms with E-state index in [1.54, 1.807) is 20.2 Å². The molecule has 2 aromatic heterocycles. The molecule has 180 valence electrons. The van der Waals surface area contributed by atoms with Gasteiger partial charge in [0.15, 0.2) is 18.2 Å². The number of anilines is 3. The molecule has 3 aromatic rings. The molecule has 1 amide bonds. The van der Waals surface area contributed by atoms with Gasteiger partial charge in [-0.25, -0.2) is 4.98 Å². The number of nitrogens with zero attached hydrogens (tertiary/aromatic N) is 3. The van der Waals surface area contributed by atoms with E-state index in [9.17, 15) is 9.59 Å². The van der Waals surface area contributed by atoms with Gasteiger partial charge in [-0.15, -0.1) is 0 Å². The monoisotopic (exact) mass is 485 g/mol. The summed E-state index contributed by atoms with van der Waals surface area (Å²) in [5, 5.41) is 7.04. The third-order valence-corrected chi connectivity index (χ3v) is 6.33. The standard InChI is InChI=1S/C24H28ClN5O4/c1-26-22(31)14-34-20-13-15-12-16(4-6-19(15)29(2)24(20)32)27-23-18(25)5-7-21(28-23)30-10-8-17(33-3)9-11-30/h4-7,12-13,17H,8-11,14H2,1-3H3,(H,26,31)(H,27,28). The van der Waals surface area contributed by atoms with Gasteiger partial charge in [0.1, 0.15) is 5.82 Å². The molecule has 0 spiro atoms. The lowest BCUT2D eigenvalue weighted by Crippen LogP contribution is -2.37. The molecule has 0 saturated carbocycles. The number of hydrogen-bond donors (Lipinski definition) is 2. The molecule has 2 N–H and O–H groups in total. The number of fused-ring (bicyclic) bond motifs is 1. The normalized spacial score (nSPS) is 14.3. The van der Waals surface area contributed by atoms with E-state index in [0.29, 0.717) is 16.9 Å². The summed E-state index contributed by atoms with van der Waals surface area (Å²) in [7, 11) is 4.93. The van der Waals surface area contributed by atoms with Gasteiger partial charge in [0, 0.05) is 45.4 Å². The van der Waals surface area contributed by atoms with Crippen LogP contribution in [-0.2, 0) is 16.6 Å². The smallest absolute Gasteiger partial charge is 0.293 e. The van der Waals surface area contributed by atoms with E-state index in [2.05, 4.69) is 15.5 Å². The van der Waals surface area contributed by atoms with Gasteiger partial charge in [-0.2, -0.15) is 0 Å². The van der Waals surface area contributed by atoms with Crippen LogP contribution in [0.15, 0.2) is 41.2 Å². The van der Waals surface area contributed by atoms with E-state index < -0.39 is 0 Å². The first-order chi connectivity index (χ1) is 16.4. The number of carbonyl (C=O) groups excluding carboxylic acids is 1. The van der Waals surface area contributed by atoms with Gasteiger partial charge in [0.05, 0.1) is 16.6 Å². The fourth-order valence-corrected chi connectivity index (χ4v) is 4.16. The summed E-state index contributed by atoms with van der Waals surface area (Å²) in [6.07, 6.45) is 2.20. The minimum Gasteiger partial charge on any atom is -0.478 e. The van der Waals surface area contributed by atoms with E-state index >= 15 is 0 Å². The molecule has 0 bridgehead atoms. The van der Waals surface area contributed by atoms with Crippen molar-refractivity contribution in [2.24, 2.45) is 7.05 Å². The van der Waals surface area contributed by atoms with Gasteiger partial charge >= 0.3 is 0 Å². The topological polar surface area (TPSA) is 97.7 Å². The highest BCUT2D eigenvalue weighted by Crippen LogP contribution is 2.29.